The van der Waals surface area contributed by atoms with Gasteiger partial charge in [-0.1, -0.05) is 0 Å². The van der Waals surface area contributed by atoms with Crippen molar-refractivity contribution < 1.29 is 4.74 Å². The summed E-state index contributed by atoms with van der Waals surface area (Å²) >= 11 is 0. The van der Waals surface area contributed by atoms with Crippen LogP contribution in [-0.4, -0.2) is 18.7 Å². The van der Waals surface area contributed by atoms with E-state index in [0.717, 1.165) is 5.56 Å². The van der Waals surface area contributed by atoms with Gasteiger partial charge >= 0.3 is 0 Å². The van der Waals surface area contributed by atoms with Crippen LogP contribution in [0.25, 0.3) is 0 Å². The highest BCUT2D eigenvalue weighted by atomic mass is 16.5. The van der Waals surface area contributed by atoms with Crippen molar-refractivity contribution in [2.75, 3.05) is 13.7 Å². The van der Waals surface area contributed by atoms with E-state index in [4.69, 9.17) is 10.5 Å². The zero-order valence-electron chi connectivity index (χ0n) is 6.00. The van der Waals surface area contributed by atoms with E-state index in [0.29, 0.717) is 6.61 Å². The van der Waals surface area contributed by atoms with Crippen LogP contribution < -0.4 is 5.73 Å². The van der Waals surface area contributed by atoms with Crippen LogP contribution in [0.2, 0.25) is 0 Å². The summed E-state index contributed by atoms with van der Waals surface area (Å²) in [4.78, 5) is 2.93. The number of nitrogens with two attached hydrogens (primary N) is 1. The Hall–Kier alpha value is -0.800. The van der Waals surface area contributed by atoms with Gasteiger partial charge in [0.25, 0.3) is 0 Å². The summed E-state index contributed by atoms with van der Waals surface area (Å²) in [5.74, 6) is 0. The lowest BCUT2D eigenvalue weighted by molar-refractivity contribution is 0.181. The predicted molar refractivity (Wildman–Crippen MR) is 39.6 cm³/mol. The van der Waals surface area contributed by atoms with E-state index in [1.54, 1.807) is 7.11 Å². The molecule has 3 heteroatoms. The second-order valence-electron chi connectivity index (χ2n) is 2.21. The van der Waals surface area contributed by atoms with E-state index in [1.165, 1.54) is 0 Å². The standard InChI is InChI=1S/C7H12N2O/c1-10-5-7(8)6-2-3-9-4-6/h2-4,7,9H,5,8H2,1H3. The van der Waals surface area contributed by atoms with Crippen LogP contribution >= 0.6 is 0 Å². The molecule has 3 nitrogen and oxygen atoms in total. The Bertz CT molecular complexity index is 172. The summed E-state index contributed by atoms with van der Waals surface area (Å²) in [6.45, 7) is 0.567. The zero-order valence-corrected chi connectivity index (χ0v) is 6.00. The lowest BCUT2D eigenvalue weighted by atomic mass is 10.2. The Morgan fingerprint density at radius 2 is 2.60 bits per heavy atom. The van der Waals surface area contributed by atoms with Gasteiger partial charge in [0, 0.05) is 19.5 Å². The number of methoxy groups -OCH3 is 1. The molecule has 0 saturated heterocycles. The van der Waals surface area contributed by atoms with Gasteiger partial charge in [-0.25, -0.2) is 0 Å². The molecule has 1 unspecified atom stereocenters. The van der Waals surface area contributed by atoms with Crippen molar-refractivity contribution in [3.63, 3.8) is 0 Å². The molecule has 10 heavy (non-hydrogen) atoms. The molecule has 0 aliphatic carbocycles. The summed E-state index contributed by atoms with van der Waals surface area (Å²) in [6.07, 6.45) is 3.73. The zero-order chi connectivity index (χ0) is 7.40. The lowest BCUT2D eigenvalue weighted by Gasteiger charge is -2.06. The first kappa shape index (κ1) is 7.31. The first-order valence-corrected chi connectivity index (χ1v) is 3.22. The van der Waals surface area contributed by atoms with Crippen LogP contribution in [-0.2, 0) is 4.74 Å². The van der Waals surface area contributed by atoms with E-state index in [1.807, 2.05) is 18.5 Å². The molecule has 0 aliphatic rings. The number of rotatable bonds is 3. The van der Waals surface area contributed by atoms with Crippen LogP contribution in [0.15, 0.2) is 18.5 Å². The minimum Gasteiger partial charge on any atom is -0.383 e. The minimum absolute atomic E-state index is 0.00347. The molecular formula is C7H12N2O. The number of aromatic nitrogens is 1. The molecule has 0 aliphatic heterocycles. The van der Waals surface area contributed by atoms with Crippen LogP contribution in [0.3, 0.4) is 0 Å². The first-order chi connectivity index (χ1) is 4.84. The van der Waals surface area contributed by atoms with Crippen LogP contribution in [0.5, 0.6) is 0 Å². The van der Waals surface area contributed by atoms with Gasteiger partial charge in [-0.15, -0.1) is 0 Å². The van der Waals surface area contributed by atoms with Crippen molar-refractivity contribution in [1.29, 1.82) is 0 Å². The Morgan fingerprint density at radius 1 is 1.80 bits per heavy atom. The highest BCUT2D eigenvalue weighted by molar-refractivity contribution is 5.12. The topological polar surface area (TPSA) is 51.0 Å². The number of H-pyrrole nitrogens is 1. The highest BCUT2D eigenvalue weighted by Gasteiger charge is 2.03. The number of nitrogens with one attached hydrogen (secondary N) is 1. The fourth-order valence-electron chi connectivity index (χ4n) is 0.843. The Labute approximate surface area is 60.2 Å². The lowest BCUT2D eigenvalue weighted by Crippen LogP contribution is -2.15. The normalized spacial score (nSPS) is 13.4. The van der Waals surface area contributed by atoms with Crippen LogP contribution in [0.1, 0.15) is 11.6 Å². The fourth-order valence-corrected chi connectivity index (χ4v) is 0.843. The van der Waals surface area contributed by atoms with Crippen molar-refractivity contribution in [2.45, 2.75) is 6.04 Å². The summed E-state index contributed by atoms with van der Waals surface area (Å²) in [5.41, 5.74) is 6.79. The number of ether oxygens (including phenoxy) is 1. The van der Waals surface area contributed by atoms with Gasteiger partial charge in [0.15, 0.2) is 0 Å². The van der Waals surface area contributed by atoms with E-state index < -0.39 is 0 Å². The average Bonchev–Trinajstić information content (AvgIpc) is 2.38. The maximum absolute atomic E-state index is 5.70. The third-order valence-corrected chi connectivity index (χ3v) is 1.40. The smallest absolute Gasteiger partial charge is 0.0656 e. The predicted octanol–water partition coefficient (Wildman–Crippen LogP) is 0.661. The molecule has 0 radical (unpaired) electrons. The summed E-state index contributed by atoms with van der Waals surface area (Å²) in [6, 6.07) is 1.94. The number of hydrogen-bond donors (Lipinski definition) is 2. The summed E-state index contributed by atoms with van der Waals surface area (Å²) < 4.78 is 4.89. The van der Waals surface area contributed by atoms with Gasteiger partial charge in [0.2, 0.25) is 0 Å². The maximum atomic E-state index is 5.70. The largest absolute Gasteiger partial charge is 0.383 e. The van der Waals surface area contributed by atoms with Crippen LogP contribution in [0, 0.1) is 0 Å². The second-order valence-corrected chi connectivity index (χ2v) is 2.21. The van der Waals surface area contributed by atoms with Gasteiger partial charge < -0.3 is 15.5 Å². The molecule has 3 N–H and O–H groups in total. The molecule has 0 amide bonds. The molecule has 1 aromatic rings. The molecule has 0 fully saturated rings. The molecule has 0 saturated carbocycles. The summed E-state index contributed by atoms with van der Waals surface area (Å²) in [5, 5.41) is 0. The average molecular weight is 140 g/mol. The van der Waals surface area contributed by atoms with Gasteiger partial charge in [0.05, 0.1) is 12.6 Å². The van der Waals surface area contributed by atoms with Gasteiger partial charge in [-0.2, -0.15) is 0 Å². The van der Waals surface area contributed by atoms with E-state index in [-0.39, 0.29) is 6.04 Å². The monoisotopic (exact) mass is 140 g/mol. The van der Waals surface area contributed by atoms with Crippen molar-refractivity contribution >= 4 is 0 Å². The molecule has 56 valence electrons. The van der Waals surface area contributed by atoms with Crippen molar-refractivity contribution in [2.24, 2.45) is 5.73 Å². The Kier molecular flexibility index (Phi) is 2.48. The van der Waals surface area contributed by atoms with E-state index in [9.17, 15) is 0 Å². The van der Waals surface area contributed by atoms with E-state index >= 15 is 0 Å². The van der Waals surface area contributed by atoms with Crippen molar-refractivity contribution in [3.05, 3.63) is 24.0 Å². The Morgan fingerprint density at radius 3 is 3.10 bits per heavy atom. The Balaban J connectivity index is 2.50. The van der Waals surface area contributed by atoms with E-state index in [2.05, 4.69) is 4.98 Å². The second kappa shape index (κ2) is 3.39. The summed E-state index contributed by atoms with van der Waals surface area (Å²) in [7, 11) is 1.65. The number of aromatic amines is 1. The molecule has 1 aromatic heterocycles. The SMILES string of the molecule is COCC(N)c1cc[nH]c1. The highest BCUT2D eigenvalue weighted by Crippen LogP contribution is 2.07. The minimum atomic E-state index is -0.00347. The van der Waals surface area contributed by atoms with Crippen molar-refractivity contribution in [1.82, 2.24) is 4.98 Å². The maximum Gasteiger partial charge on any atom is 0.0656 e. The third-order valence-electron chi connectivity index (χ3n) is 1.40. The van der Waals surface area contributed by atoms with Gasteiger partial charge in [-0.3, -0.25) is 0 Å². The quantitative estimate of drug-likeness (QED) is 0.648. The van der Waals surface area contributed by atoms with Crippen molar-refractivity contribution in [3.8, 4) is 0 Å². The molecule has 0 bridgehead atoms. The number of hydrogen-bond acceptors (Lipinski definition) is 2. The third kappa shape index (κ3) is 1.59. The molecular weight excluding hydrogens is 128 g/mol. The molecule has 0 spiro atoms. The van der Waals surface area contributed by atoms with Gasteiger partial charge in [-0.05, 0) is 11.6 Å². The first-order valence-electron chi connectivity index (χ1n) is 3.22. The van der Waals surface area contributed by atoms with Crippen LogP contribution in [0.4, 0.5) is 0 Å². The fraction of sp³-hybridized carbons (Fsp3) is 0.429. The van der Waals surface area contributed by atoms with Gasteiger partial charge in [0.1, 0.15) is 0 Å². The molecule has 1 atom stereocenters. The molecule has 1 rings (SSSR count). The molecule has 1 heterocycles. The molecule has 0 aromatic carbocycles.